The summed E-state index contributed by atoms with van der Waals surface area (Å²) in [4.78, 5) is 16.5. The zero-order chi connectivity index (χ0) is 18.3. The fourth-order valence-corrected chi connectivity index (χ4v) is 3.39. The molecule has 0 fully saturated rings. The third kappa shape index (κ3) is 2.81. The third-order valence-electron chi connectivity index (χ3n) is 4.57. The first kappa shape index (κ1) is 16.3. The van der Waals surface area contributed by atoms with Gasteiger partial charge in [0.2, 0.25) is 0 Å². The number of rotatable bonds is 3. The highest BCUT2D eigenvalue weighted by molar-refractivity contribution is 5.94. The highest BCUT2D eigenvalue weighted by atomic mass is 14.9. The summed E-state index contributed by atoms with van der Waals surface area (Å²) < 4.78 is 0. The van der Waals surface area contributed by atoms with Crippen LogP contribution >= 0.6 is 0 Å². The second-order valence-corrected chi connectivity index (χ2v) is 6.84. The van der Waals surface area contributed by atoms with Crippen LogP contribution in [0.1, 0.15) is 31.0 Å². The van der Waals surface area contributed by atoms with Crippen LogP contribution in [0.2, 0.25) is 0 Å². The Balaban J connectivity index is 1.92. The second-order valence-electron chi connectivity index (χ2n) is 6.84. The van der Waals surface area contributed by atoms with E-state index in [9.17, 15) is 0 Å². The number of hydrogen-bond donors (Lipinski definition) is 2. The molecule has 0 bridgehead atoms. The van der Waals surface area contributed by atoms with Gasteiger partial charge in [-0.15, -0.1) is 0 Å². The SMILES string of the molecule is Cc1cc(-c2[nH]c3ccc(-c4cnc(N)cn4)cc3c2C(C)C)ccn1. The average molecular weight is 343 g/mol. The summed E-state index contributed by atoms with van der Waals surface area (Å²) in [6, 6.07) is 10.5. The number of aromatic amines is 1. The number of nitrogens with one attached hydrogen (secondary N) is 1. The summed E-state index contributed by atoms with van der Waals surface area (Å²) in [5.74, 6) is 0.801. The maximum absolute atomic E-state index is 5.66. The van der Waals surface area contributed by atoms with E-state index in [1.807, 2.05) is 13.1 Å². The molecule has 0 saturated heterocycles. The zero-order valence-corrected chi connectivity index (χ0v) is 15.1. The number of anilines is 1. The highest BCUT2D eigenvalue weighted by Gasteiger charge is 2.17. The number of H-pyrrole nitrogens is 1. The summed E-state index contributed by atoms with van der Waals surface area (Å²) in [6.45, 7) is 6.45. The van der Waals surface area contributed by atoms with E-state index in [1.54, 1.807) is 12.4 Å². The molecule has 0 aliphatic rings. The lowest BCUT2D eigenvalue weighted by molar-refractivity contribution is 0.878. The van der Waals surface area contributed by atoms with Crippen molar-refractivity contribution in [3.63, 3.8) is 0 Å². The van der Waals surface area contributed by atoms with Gasteiger partial charge in [0.15, 0.2) is 0 Å². The molecule has 1 aromatic carbocycles. The Morgan fingerprint density at radius 1 is 0.962 bits per heavy atom. The minimum absolute atomic E-state index is 0.375. The summed E-state index contributed by atoms with van der Waals surface area (Å²) in [7, 11) is 0. The van der Waals surface area contributed by atoms with Crippen LogP contribution in [-0.4, -0.2) is 19.9 Å². The van der Waals surface area contributed by atoms with Gasteiger partial charge in [-0.05, 0) is 42.7 Å². The molecule has 5 heteroatoms. The monoisotopic (exact) mass is 343 g/mol. The maximum atomic E-state index is 5.66. The van der Waals surface area contributed by atoms with Gasteiger partial charge in [-0.3, -0.25) is 9.97 Å². The lowest BCUT2D eigenvalue weighted by Gasteiger charge is -2.09. The van der Waals surface area contributed by atoms with Crippen molar-refractivity contribution in [2.45, 2.75) is 26.7 Å². The molecule has 0 aliphatic carbocycles. The summed E-state index contributed by atoms with van der Waals surface area (Å²) in [5.41, 5.74) is 13.2. The Morgan fingerprint density at radius 2 is 1.81 bits per heavy atom. The molecular formula is C21H21N5. The smallest absolute Gasteiger partial charge is 0.141 e. The van der Waals surface area contributed by atoms with E-state index in [0.29, 0.717) is 11.7 Å². The van der Waals surface area contributed by atoms with Gasteiger partial charge in [0.1, 0.15) is 5.82 Å². The Morgan fingerprint density at radius 3 is 2.50 bits per heavy atom. The Kier molecular flexibility index (Phi) is 3.92. The summed E-state index contributed by atoms with van der Waals surface area (Å²) in [5, 5.41) is 1.21. The van der Waals surface area contributed by atoms with Crippen molar-refractivity contribution >= 4 is 16.7 Å². The molecule has 3 heterocycles. The van der Waals surface area contributed by atoms with Gasteiger partial charge >= 0.3 is 0 Å². The minimum atomic E-state index is 0.375. The van der Waals surface area contributed by atoms with Gasteiger partial charge in [-0.1, -0.05) is 19.9 Å². The summed E-state index contributed by atoms with van der Waals surface area (Å²) in [6.07, 6.45) is 5.16. The molecule has 4 aromatic rings. The van der Waals surface area contributed by atoms with Crippen LogP contribution in [0.25, 0.3) is 33.4 Å². The van der Waals surface area contributed by atoms with Crippen molar-refractivity contribution in [1.82, 2.24) is 19.9 Å². The maximum Gasteiger partial charge on any atom is 0.141 e. The number of fused-ring (bicyclic) bond motifs is 1. The number of nitrogen functional groups attached to an aromatic ring is 1. The first-order chi connectivity index (χ1) is 12.5. The molecule has 0 saturated carbocycles. The van der Waals surface area contributed by atoms with Gasteiger partial charge in [0, 0.05) is 33.9 Å². The van der Waals surface area contributed by atoms with Crippen LogP contribution < -0.4 is 5.73 Å². The molecule has 4 rings (SSSR count). The number of benzene rings is 1. The normalized spacial score (nSPS) is 11.4. The summed E-state index contributed by atoms with van der Waals surface area (Å²) >= 11 is 0. The molecule has 5 nitrogen and oxygen atoms in total. The van der Waals surface area contributed by atoms with Crippen molar-refractivity contribution in [3.8, 4) is 22.5 Å². The number of pyridine rings is 1. The number of aromatic nitrogens is 4. The molecular weight excluding hydrogens is 322 g/mol. The molecule has 3 aromatic heterocycles. The molecule has 26 heavy (non-hydrogen) atoms. The standard InChI is InChI=1S/C21H21N5/c1-12(2)20-16-9-14(18-10-25-19(22)11-24-18)4-5-17(16)26-21(20)15-6-7-23-13(3)8-15/h4-12,26H,1-3H3,(H2,22,25). The van der Waals surface area contributed by atoms with Crippen molar-refractivity contribution in [2.75, 3.05) is 5.73 Å². The van der Waals surface area contributed by atoms with E-state index in [-0.39, 0.29) is 0 Å². The van der Waals surface area contributed by atoms with Crippen LogP contribution in [0.15, 0.2) is 48.9 Å². The van der Waals surface area contributed by atoms with Crippen LogP contribution in [0.4, 0.5) is 5.82 Å². The van der Waals surface area contributed by atoms with E-state index < -0.39 is 0 Å². The quantitative estimate of drug-likeness (QED) is 0.565. The van der Waals surface area contributed by atoms with Gasteiger partial charge in [0.25, 0.3) is 0 Å². The van der Waals surface area contributed by atoms with E-state index in [1.165, 1.54) is 10.9 Å². The molecule has 0 atom stereocenters. The number of hydrogen-bond acceptors (Lipinski definition) is 4. The van der Waals surface area contributed by atoms with Crippen LogP contribution in [-0.2, 0) is 0 Å². The van der Waals surface area contributed by atoms with Gasteiger partial charge in [-0.2, -0.15) is 0 Å². The molecule has 130 valence electrons. The van der Waals surface area contributed by atoms with Crippen molar-refractivity contribution < 1.29 is 0 Å². The second kappa shape index (κ2) is 6.26. The molecule has 0 radical (unpaired) electrons. The molecule has 0 amide bonds. The van der Waals surface area contributed by atoms with Gasteiger partial charge in [0.05, 0.1) is 23.8 Å². The average Bonchev–Trinajstić information content (AvgIpc) is 3.01. The Hall–Kier alpha value is -3.21. The van der Waals surface area contributed by atoms with E-state index in [4.69, 9.17) is 5.73 Å². The number of nitrogens with zero attached hydrogens (tertiary/aromatic N) is 3. The van der Waals surface area contributed by atoms with Crippen molar-refractivity contribution in [3.05, 3.63) is 60.2 Å². The van der Waals surface area contributed by atoms with E-state index >= 15 is 0 Å². The van der Waals surface area contributed by atoms with E-state index in [2.05, 4.69) is 64.1 Å². The van der Waals surface area contributed by atoms with E-state index in [0.717, 1.165) is 33.7 Å². The zero-order valence-electron chi connectivity index (χ0n) is 15.1. The fourth-order valence-electron chi connectivity index (χ4n) is 3.39. The number of aryl methyl sites for hydroxylation is 1. The predicted octanol–water partition coefficient (Wildman–Crippen LogP) is 4.70. The van der Waals surface area contributed by atoms with Crippen molar-refractivity contribution in [1.29, 1.82) is 0 Å². The fraction of sp³-hybridized carbons (Fsp3) is 0.190. The lowest BCUT2D eigenvalue weighted by atomic mass is 9.95. The van der Waals surface area contributed by atoms with Crippen LogP contribution in [0, 0.1) is 6.92 Å². The molecule has 3 N–H and O–H groups in total. The largest absolute Gasteiger partial charge is 0.382 e. The predicted molar refractivity (Wildman–Crippen MR) is 106 cm³/mol. The van der Waals surface area contributed by atoms with Crippen molar-refractivity contribution in [2.24, 2.45) is 0 Å². The minimum Gasteiger partial charge on any atom is -0.382 e. The Bertz CT molecular complexity index is 1080. The topological polar surface area (TPSA) is 80.5 Å². The highest BCUT2D eigenvalue weighted by Crippen LogP contribution is 2.37. The Labute approximate surface area is 152 Å². The van der Waals surface area contributed by atoms with Crippen LogP contribution in [0.5, 0.6) is 0 Å². The molecule has 0 unspecified atom stereocenters. The van der Waals surface area contributed by atoms with Gasteiger partial charge < -0.3 is 10.7 Å². The lowest BCUT2D eigenvalue weighted by Crippen LogP contribution is -1.93. The first-order valence-electron chi connectivity index (χ1n) is 8.69. The molecule has 0 spiro atoms. The first-order valence-corrected chi connectivity index (χ1v) is 8.69. The van der Waals surface area contributed by atoms with Gasteiger partial charge in [-0.25, -0.2) is 4.98 Å². The third-order valence-corrected chi connectivity index (χ3v) is 4.57. The van der Waals surface area contributed by atoms with Crippen LogP contribution in [0.3, 0.4) is 0 Å². The number of nitrogens with two attached hydrogens (primary N) is 1. The molecule has 0 aliphatic heterocycles.